The number of rotatable bonds is 4. The first-order valence-corrected chi connectivity index (χ1v) is 7.47. The van der Waals surface area contributed by atoms with Gasteiger partial charge in [0.2, 0.25) is 11.8 Å². The van der Waals surface area contributed by atoms with E-state index in [-0.39, 0.29) is 54.7 Å². The first-order valence-electron chi connectivity index (χ1n) is 7.47. The molecular formula is C15H20N2O4. The molecule has 0 unspecified atom stereocenters. The van der Waals surface area contributed by atoms with Crippen molar-refractivity contribution >= 4 is 17.9 Å². The number of carbonyl (C=O) groups excluding carboxylic acids is 3. The van der Waals surface area contributed by atoms with E-state index in [1.54, 1.807) is 13.8 Å². The average molecular weight is 292 g/mol. The zero-order valence-corrected chi connectivity index (χ0v) is 12.2. The van der Waals surface area contributed by atoms with Crippen LogP contribution in [0.4, 0.5) is 4.79 Å². The van der Waals surface area contributed by atoms with Crippen LogP contribution >= 0.6 is 0 Å². The highest BCUT2D eigenvalue weighted by Gasteiger charge is 2.58. The fourth-order valence-corrected chi connectivity index (χ4v) is 3.71. The Balaban J connectivity index is 1.55. The number of carbonyl (C=O) groups is 3. The number of hydrogen-bond acceptors (Lipinski definition) is 4. The highest BCUT2D eigenvalue weighted by atomic mass is 16.6. The molecule has 0 spiro atoms. The second-order valence-electron chi connectivity index (χ2n) is 6.21. The smallest absolute Gasteiger partial charge is 0.407 e. The largest absolute Gasteiger partial charge is 0.447 e. The Labute approximate surface area is 123 Å². The van der Waals surface area contributed by atoms with E-state index in [2.05, 4.69) is 17.5 Å². The number of hydrogen-bond donors (Lipinski definition) is 1. The third kappa shape index (κ3) is 2.32. The number of likely N-dealkylation sites (tertiary alicyclic amines) is 1. The van der Waals surface area contributed by atoms with Crippen LogP contribution in [0.15, 0.2) is 12.2 Å². The lowest BCUT2D eigenvalue weighted by Gasteiger charge is -2.17. The van der Waals surface area contributed by atoms with E-state index in [9.17, 15) is 14.4 Å². The van der Waals surface area contributed by atoms with Gasteiger partial charge in [-0.2, -0.15) is 0 Å². The van der Waals surface area contributed by atoms with Crippen molar-refractivity contribution in [1.29, 1.82) is 0 Å². The SMILES string of the molecule is CC(C)OC(=O)NCCN1C(=O)[C@@H]2[C@H](C1=O)[C@H]1C=C[C@H]2C1. The van der Waals surface area contributed by atoms with Gasteiger partial charge in [0.1, 0.15) is 0 Å². The van der Waals surface area contributed by atoms with Gasteiger partial charge < -0.3 is 10.1 Å². The highest BCUT2D eigenvalue weighted by Crippen LogP contribution is 2.52. The van der Waals surface area contributed by atoms with Gasteiger partial charge in [-0.1, -0.05) is 12.2 Å². The third-order valence-corrected chi connectivity index (χ3v) is 4.51. The zero-order chi connectivity index (χ0) is 15.1. The second-order valence-corrected chi connectivity index (χ2v) is 6.21. The minimum absolute atomic E-state index is 0.0825. The number of allylic oxidation sites excluding steroid dienone is 2. The summed E-state index contributed by atoms with van der Waals surface area (Å²) in [7, 11) is 0. The Morgan fingerprint density at radius 1 is 1.29 bits per heavy atom. The van der Waals surface area contributed by atoms with Crippen molar-refractivity contribution in [2.24, 2.45) is 23.7 Å². The molecule has 1 saturated heterocycles. The molecule has 6 heteroatoms. The minimum Gasteiger partial charge on any atom is -0.447 e. The predicted molar refractivity (Wildman–Crippen MR) is 74.1 cm³/mol. The topological polar surface area (TPSA) is 75.7 Å². The van der Waals surface area contributed by atoms with Crippen molar-refractivity contribution in [3.8, 4) is 0 Å². The summed E-state index contributed by atoms with van der Waals surface area (Å²) in [5.41, 5.74) is 0. The number of alkyl carbamates (subject to hydrolysis) is 1. The number of imide groups is 1. The number of amides is 3. The first-order chi connectivity index (χ1) is 9.99. The molecule has 21 heavy (non-hydrogen) atoms. The van der Waals surface area contributed by atoms with E-state index in [0.717, 1.165) is 6.42 Å². The molecule has 3 amide bonds. The molecule has 1 aliphatic heterocycles. The van der Waals surface area contributed by atoms with Crippen LogP contribution in [0.25, 0.3) is 0 Å². The Morgan fingerprint density at radius 3 is 2.38 bits per heavy atom. The molecule has 3 rings (SSSR count). The van der Waals surface area contributed by atoms with E-state index >= 15 is 0 Å². The molecule has 114 valence electrons. The molecule has 1 heterocycles. The maximum Gasteiger partial charge on any atom is 0.407 e. The minimum atomic E-state index is -0.522. The van der Waals surface area contributed by atoms with Gasteiger partial charge in [0, 0.05) is 13.1 Å². The Kier molecular flexibility index (Phi) is 3.47. The van der Waals surface area contributed by atoms with Crippen molar-refractivity contribution in [2.75, 3.05) is 13.1 Å². The van der Waals surface area contributed by atoms with Gasteiger partial charge in [0.15, 0.2) is 0 Å². The molecule has 2 aliphatic carbocycles. The molecule has 2 fully saturated rings. The van der Waals surface area contributed by atoms with Crippen molar-refractivity contribution in [1.82, 2.24) is 10.2 Å². The lowest BCUT2D eigenvalue weighted by atomic mass is 9.85. The molecule has 0 aromatic heterocycles. The summed E-state index contributed by atoms with van der Waals surface area (Å²) in [6.45, 7) is 3.97. The summed E-state index contributed by atoms with van der Waals surface area (Å²) in [6, 6.07) is 0. The molecular weight excluding hydrogens is 272 g/mol. The third-order valence-electron chi connectivity index (χ3n) is 4.51. The molecule has 0 radical (unpaired) electrons. The lowest BCUT2D eigenvalue weighted by molar-refractivity contribution is -0.140. The Hall–Kier alpha value is -1.85. The van der Waals surface area contributed by atoms with E-state index in [1.165, 1.54) is 4.90 Å². The second kappa shape index (κ2) is 5.16. The van der Waals surface area contributed by atoms with Crippen LogP contribution in [-0.4, -0.2) is 42.0 Å². The number of nitrogens with zero attached hydrogens (tertiary/aromatic N) is 1. The van der Waals surface area contributed by atoms with Gasteiger partial charge in [-0.3, -0.25) is 14.5 Å². The van der Waals surface area contributed by atoms with Gasteiger partial charge >= 0.3 is 6.09 Å². The summed E-state index contributed by atoms with van der Waals surface area (Å²) >= 11 is 0. The van der Waals surface area contributed by atoms with Gasteiger partial charge in [-0.25, -0.2) is 4.79 Å². The lowest BCUT2D eigenvalue weighted by Crippen LogP contribution is -2.40. The Bertz CT molecular complexity index is 484. The van der Waals surface area contributed by atoms with Gasteiger partial charge in [-0.15, -0.1) is 0 Å². The molecule has 4 atom stereocenters. The molecule has 0 aromatic rings. The monoisotopic (exact) mass is 292 g/mol. The maximum atomic E-state index is 12.4. The number of nitrogens with one attached hydrogen (secondary N) is 1. The predicted octanol–water partition coefficient (Wildman–Crippen LogP) is 0.928. The summed E-state index contributed by atoms with van der Waals surface area (Å²) in [4.78, 5) is 37.4. The fraction of sp³-hybridized carbons (Fsp3) is 0.667. The standard InChI is InChI=1S/C15H20N2O4/c1-8(2)21-15(20)16-5-6-17-13(18)11-9-3-4-10(7-9)12(11)14(17)19/h3-4,8-12H,5-7H2,1-2H3,(H,16,20)/t9-,10-,11-,12+/m0/s1. The number of ether oxygens (including phenoxy) is 1. The zero-order valence-electron chi connectivity index (χ0n) is 12.2. The van der Waals surface area contributed by atoms with Crippen molar-refractivity contribution in [3.05, 3.63) is 12.2 Å². The van der Waals surface area contributed by atoms with Crippen molar-refractivity contribution in [3.63, 3.8) is 0 Å². The average Bonchev–Trinajstić information content (AvgIpc) is 3.06. The first kappa shape index (κ1) is 14.1. The van der Waals surface area contributed by atoms with Crippen LogP contribution in [0, 0.1) is 23.7 Å². The summed E-state index contributed by atoms with van der Waals surface area (Å²) in [5.74, 6) is -0.0624. The molecule has 0 aromatic carbocycles. The van der Waals surface area contributed by atoms with Crippen LogP contribution < -0.4 is 5.32 Å². The van der Waals surface area contributed by atoms with Crippen LogP contribution in [0.5, 0.6) is 0 Å². The van der Waals surface area contributed by atoms with Crippen molar-refractivity contribution in [2.45, 2.75) is 26.4 Å². The normalized spacial score (nSPS) is 33.0. The van der Waals surface area contributed by atoms with Crippen LogP contribution in [0.3, 0.4) is 0 Å². The van der Waals surface area contributed by atoms with Crippen LogP contribution in [0.1, 0.15) is 20.3 Å². The van der Waals surface area contributed by atoms with E-state index in [4.69, 9.17) is 4.74 Å². The van der Waals surface area contributed by atoms with Gasteiger partial charge in [0.25, 0.3) is 0 Å². The summed E-state index contributed by atoms with van der Waals surface area (Å²) < 4.78 is 4.94. The molecule has 3 aliphatic rings. The van der Waals surface area contributed by atoms with E-state index in [1.807, 2.05) is 0 Å². The van der Waals surface area contributed by atoms with Gasteiger partial charge in [0.05, 0.1) is 17.9 Å². The van der Waals surface area contributed by atoms with Crippen molar-refractivity contribution < 1.29 is 19.1 Å². The highest BCUT2D eigenvalue weighted by molar-refractivity contribution is 6.06. The summed E-state index contributed by atoms with van der Waals surface area (Å²) in [5, 5.41) is 2.56. The van der Waals surface area contributed by atoms with Gasteiger partial charge in [-0.05, 0) is 32.1 Å². The Morgan fingerprint density at radius 2 is 1.86 bits per heavy atom. The van der Waals surface area contributed by atoms with Crippen LogP contribution in [0.2, 0.25) is 0 Å². The van der Waals surface area contributed by atoms with E-state index in [0.29, 0.717) is 0 Å². The molecule has 6 nitrogen and oxygen atoms in total. The molecule has 2 bridgehead atoms. The fourth-order valence-electron chi connectivity index (χ4n) is 3.71. The quantitative estimate of drug-likeness (QED) is 0.618. The number of fused-ring (bicyclic) bond motifs is 5. The summed E-state index contributed by atoms with van der Waals surface area (Å²) in [6.07, 6.45) is 4.35. The van der Waals surface area contributed by atoms with Crippen LogP contribution in [-0.2, 0) is 14.3 Å². The molecule has 1 N–H and O–H groups in total. The van der Waals surface area contributed by atoms with E-state index < -0.39 is 6.09 Å². The maximum absolute atomic E-state index is 12.4. The molecule has 1 saturated carbocycles.